The first-order valence-corrected chi connectivity index (χ1v) is 4.66. The highest BCUT2D eigenvalue weighted by molar-refractivity contribution is 6.09. The summed E-state index contributed by atoms with van der Waals surface area (Å²) >= 11 is 0. The number of hydrogen-bond donors (Lipinski definition) is 0. The molecule has 1 aromatic carbocycles. The van der Waals surface area contributed by atoms with Crippen molar-refractivity contribution in [2.45, 2.75) is 12.1 Å². The smallest absolute Gasteiger partial charge is 0.259 e. The first-order chi connectivity index (χ1) is 7.29. The van der Waals surface area contributed by atoms with Crippen LogP contribution in [0, 0.1) is 0 Å². The Balaban J connectivity index is 2.25. The number of aldehydes is 1. The Bertz CT molecular complexity index is 377. The lowest BCUT2D eigenvalue weighted by Crippen LogP contribution is -2.66. The number of ether oxygens (including phenoxy) is 1. The van der Waals surface area contributed by atoms with Crippen molar-refractivity contribution < 1.29 is 14.3 Å². The highest BCUT2D eigenvalue weighted by Gasteiger charge is 2.48. The molecule has 2 rings (SSSR count). The predicted molar refractivity (Wildman–Crippen MR) is 54.6 cm³/mol. The fourth-order valence-corrected chi connectivity index (χ4v) is 1.74. The number of carbonyl (C=O) groups excluding carboxylic acids is 2. The second-order valence-electron chi connectivity index (χ2n) is 3.33. The van der Waals surface area contributed by atoms with Gasteiger partial charge in [-0.1, -0.05) is 18.2 Å². The van der Waals surface area contributed by atoms with Crippen LogP contribution in [0.2, 0.25) is 0 Å². The summed E-state index contributed by atoms with van der Waals surface area (Å²) in [6.07, 6.45) is 0.116. The molecule has 0 aromatic heterocycles. The summed E-state index contributed by atoms with van der Waals surface area (Å²) in [5.74, 6) is -0.166. The third-order valence-corrected chi connectivity index (χ3v) is 2.52. The maximum absolute atomic E-state index is 11.6. The molecule has 0 saturated carbocycles. The number of anilines is 1. The van der Waals surface area contributed by atoms with E-state index in [1.807, 2.05) is 18.2 Å². The molecule has 0 N–H and O–H groups in total. The van der Waals surface area contributed by atoms with Crippen LogP contribution in [0.25, 0.3) is 0 Å². The van der Waals surface area contributed by atoms with Gasteiger partial charge in [-0.15, -0.1) is 0 Å². The molecule has 2 atom stereocenters. The van der Waals surface area contributed by atoms with Crippen molar-refractivity contribution in [2.24, 2.45) is 0 Å². The Labute approximate surface area is 87.4 Å². The van der Waals surface area contributed by atoms with Crippen LogP contribution in [0.15, 0.2) is 30.3 Å². The van der Waals surface area contributed by atoms with E-state index >= 15 is 0 Å². The molecule has 1 aromatic rings. The zero-order chi connectivity index (χ0) is 10.8. The van der Waals surface area contributed by atoms with Crippen molar-refractivity contribution in [3.05, 3.63) is 30.3 Å². The van der Waals surface area contributed by atoms with Crippen molar-refractivity contribution in [1.29, 1.82) is 0 Å². The first-order valence-electron chi connectivity index (χ1n) is 4.66. The van der Waals surface area contributed by atoms with Crippen molar-refractivity contribution in [3.63, 3.8) is 0 Å². The van der Waals surface area contributed by atoms with Crippen molar-refractivity contribution in [1.82, 2.24) is 0 Å². The van der Waals surface area contributed by atoms with Crippen molar-refractivity contribution >= 4 is 17.9 Å². The average Bonchev–Trinajstić information content (AvgIpc) is 2.27. The molecule has 1 fully saturated rings. The Morgan fingerprint density at radius 2 is 2.00 bits per heavy atom. The van der Waals surface area contributed by atoms with Gasteiger partial charge in [0.25, 0.3) is 5.91 Å². The SMILES string of the molecule is CO[C@@H]1C(=O)N(c2ccccc2)[C@@H]1C=O. The van der Waals surface area contributed by atoms with Crippen LogP contribution in [0.3, 0.4) is 0 Å². The van der Waals surface area contributed by atoms with E-state index in [0.29, 0.717) is 0 Å². The summed E-state index contributed by atoms with van der Waals surface area (Å²) in [5.41, 5.74) is 0.730. The van der Waals surface area contributed by atoms with Gasteiger partial charge < -0.3 is 9.53 Å². The van der Waals surface area contributed by atoms with Crippen LogP contribution >= 0.6 is 0 Å². The molecule has 0 aliphatic carbocycles. The standard InChI is InChI=1S/C11H11NO3/c1-15-10-9(7-13)12(11(10)14)8-5-3-2-4-6-8/h2-7,9-10H,1H3/t9-,10+/m1/s1. The van der Waals surface area contributed by atoms with Crippen LogP contribution < -0.4 is 4.90 Å². The van der Waals surface area contributed by atoms with Gasteiger partial charge in [-0.25, -0.2) is 0 Å². The minimum Gasteiger partial charge on any atom is -0.369 e. The van der Waals surface area contributed by atoms with Crippen molar-refractivity contribution in [2.75, 3.05) is 12.0 Å². The van der Waals surface area contributed by atoms with E-state index in [2.05, 4.69) is 0 Å². The van der Waals surface area contributed by atoms with Crippen LogP contribution in [0.1, 0.15) is 0 Å². The summed E-state index contributed by atoms with van der Waals surface area (Å²) in [5, 5.41) is 0. The maximum Gasteiger partial charge on any atom is 0.259 e. The molecule has 1 aliphatic rings. The van der Waals surface area contributed by atoms with E-state index < -0.39 is 12.1 Å². The van der Waals surface area contributed by atoms with Crippen LogP contribution in [-0.4, -0.2) is 31.4 Å². The number of benzene rings is 1. The molecular formula is C11H11NO3. The number of rotatable bonds is 3. The number of methoxy groups -OCH3 is 1. The fraction of sp³-hybridized carbons (Fsp3) is 0.273. The monoisotopic (exact) mass is 205 g/mol. The van der Waals surface area contributed by atoms with E-state index in [-0.39, 0.29) is 5.91 Å². The van der Waals surface area contributed by atoms with E-state index in [1.54, 1.807) is 12.1 Å². The van der Waals surface area contributed by atoms with E-state index in [0.717, 1.165) is 12.0 Å². The average molecular weight is 205 g/mol. The van der Waals surface area contributed by atoms with Gasteiger partial charge in [-0.2, -0.15) is 0 Å². The van der Waals surface area contributed by atoms with Gasteiger partial charge in [0.05, 0.1) is 0 Å². The Kier molecular flexibility index (Phi) is 2.51. The largest absolute Gasteiger partial charge is 0.369 e. The van der Waals surface area contributed by atoms with E-state index in [4.69, 9.17) is 4.74 Å². The quantitative estimate of drug-likeness (QED) is 0.536. The van der Waals surface area contributed by atoms with E-state index in [9.17, 15) is 9.59 Å². The summed E-state index contributed by atoms with van der Waals surface area (Å²) in [7, 11) is 1.43. The maximum atomic E-state index is 11.6. The Morgan fingerprint density at radius 1 is 1.33 bits per heavy atom. The third-order valence-electron chi connectivity index (χ3n) is 2.52. The minimum absolute atomic E-state index is 0.166. The molecule has 1 amide bonds. The lowest BCUT2D eigenvalue weighted by Gasteiger charge is -2.42. The number of carbonyl (C=O) groups is 2. The third kappa shape index (κ3) is 1.43. The molecule has 0 radical (unpaired) electrons. The number of hydrogen-bond acceptors (Lipinski definition) is 3. The molecule has 15 heavy (non-hydrogen) atoms. The predicted octanol–water partition coefficient (Wildman–Crippen LogP) is 0.616. The molecule has 1 heterocycles. The molecule has 0 bridgehead atoms. The molecule has 0 unspecified atom stereocenters. The first kappa shape index (κ1) is 9.86. The molecule has 1 aliphatic heterocycles. The summed E-state index contributed by atoms with van der Waals surface area (Å²) in [4.78, 5) is 23.9. The topological polar surface area (TPSA) is 46.6 Å². The molecule has 4 nitrogen and oxygen atoms in total. The summed E-state index contributed by atoms with van der Waals surface area (Å²) in [6.45, 7) is 0. The van der Waals surface area contributed by atoms with Gasteiger partial charge in [0, 0.05) is 12.8 Å². The molecule has 4 heteroatoms. The van der Waals surface area contributed by atoms with E-state index in [1.165, 1.54) is 12.0 Å². The highest BCUT2D eigenvalue weighted by Crippen LogP contribution is 2.28. The molecule has 78 valence electrons. The highest BCUT2D eigenvalue weighted by atomic mass is 16.5. The molecule has 1 saturated heterocycles. The summed E-state index contributed by atoms with van der Waals surface area (Å²) < 4.78 is 4.93. The minimum atomic E-state index is -0.622. The van der Waals surface area contributed by atoms with Crippen LogP contribution in [0.4, 0.5) is 5.69 Å². The fourth-order valence-electron chi connectivity index (χ4n) is 1.74. The van der Waals surface area contributed by atoms with Gasteiger partial charge in [-0.3, -0.25) is 9.69 Å². The number of β-lactam (4-membered cyclic amide) rings is 1. The Morgan fingerprint density at radius 3 is 2.53 bits per heavy atom. The zero-order valence-corrected chi connectivity index (χ0v) is 8.29. The Hall–Kier alpha value is -1.68. The van der Waals surface area contributed by atoms with Gasteiger partial charge in [0.1, 0.15) is 12.3 Å². The second kappa shape index (κ2) is 3.82. The second-order valence-corrected chi connectivity index (χ2v) is 3.33. The lowest BCUT2D eigenvalue weighted by molar-refractivity contribution is -0.142. The number of nitrogens with zero attached hydrogens (tertiary/aromatic N) is 1. The molecular weight excluding hydrogens is 194 g/mol. The normalized spacial score (nSPS) is 24.9. The number of para-hydroxylation sites is 1. The van der Waals surface area contributed by atoms with Gasteiger partial charge in [-0.05, 0) is 12.1 Å². The van der Waals surface area contributed by atoms with Gasteiger partial charge in [0.15, 0.2) is 6.10 Å². The summed E-state index contributed by atoms with van der Waals surface area (Å²) in [6, 6.07) is 8.60. The van der Waals surface area contributed by atoms with Crippen LogP contribution in [0.5, 0.6) is 0 Å². The van der Waals surface area contributed by atoms with Crippen molar-refractivity contribution in [3.8, 4) is 0 Å². The lowest BCUT2D eigenvalue weighted by atomic mass is 9.98. The zero-order valence-electron chi connectivity index (χ0n) is 8.29. The van der Waals surface area contributed by atoms with Gasteiger partial charge in [0.2, 0.25) is 0 Å². The number of amides is 1. The van der Waals surface area contributed by atoms with Gasteiger partial charge >= 0.3 is 0 Å². The van der Waals surface area contributed by atoms with Crippen LogP contribution in [-0.2, 0) is 14.3 Å². The molecule has 0 spiro atoms.